The lowest BCUT2D eigenvalue weighted by Crippen LogP contribution is -2.16. The molecule has 66 heavy (non-hydrogen) atoms. The maximum atomic E-state index is 2.58. The van der Waals surface area contributed by atoms with Crippen LogP contribution in [0, 0.1) is 0 Å². The van der Waals surface area contributed by atoms with Crippen molar-refractivity contribution >= 4 is 77.7 Å². The zero-order valence-electron chi connectivity index (χ0n) is 37.8. The second-order valence-corrected chi connectivity index (χ2v) is 18.9. The summed E-state index contributed by atoms with van der Waals surface area (Å²) < 4.78 is 5.16. The molecule has 11 aromatic rings. The maximum absolute atomic E-state index is 2.58. The summed E-state index contributed by atoms with van der Waals surface area (Å²) in [5.41, 5.74) is 22.7. The van der Waals surface area contributed by atoms with E-state index in [1.807, 2.05) is 0 Å². The molecule has 2 aliphatic heterocycles. The summed E-state index contributed by atoms with van der Waals surface area (Å²) >= 11 is 0. The molecule has 4 nitrogen and oxygen atoms in total. The molecule has 0 spiro atoms. The van der Waals surface area contributed by atoms with Crippen LogP contribution in [-0.4, -0.2) is 9.13 Å². The second-order valence-electron chi connectivity index (χ2n) is 18.9. The Morgan fingerprint density at radius 3 is 1.12 bits per heavy atom. The van der Waals surface area contributed by atoms with Crippen molar-refractivity contribution in [3.8, 4) is 11.4 Å². The predicted octanol–water partition coefficient (Wildman–Crippen LogP) is 16.9. The van der Waals surface area contributed by atoms with E-state index in [2.05, 4.69) is 241 Å². The van der Waals surface area contributed by atoms with Crippen LogP contribution in [0.3, 0.4) is 0 Å². The standard InChI is InChI=1S/C62H50N4/c1-39(2)41-23-27-47(28-24-41)63(45-17-7-5-8-18-45)57-33-31-49-51-37-60-52(38-59(51)65-55-21-13-11-15-43(55)35-53(57)61(49)65)50-32-34-58(54-36-44-16-12-14-22-56(44)66(60)62(50)54)64(46-19-9-6-10-20-46)48-29-25-42(26-30-48)40(3)4/h5-34,37-40H,35-36H2,1-4H3. The van der Waals surface area contributed by atoms with Crippen LogP contribution in [0.25, 0.3) is 55.0 Å². The highest BCUT2D eigenvalue weighted by molar-refractivity contribution is 6.21. The van der Waals surface area contributed by atoms with Gasteiger partial charge in [0.25, 0.3) is 0 Å². The first-order valence-electron chi connectivity index (χ1n) is 23.6. The van der Waals surface area contributed by atoms with Crippen molar-refractivity contribution in [1.82, 2.24) is 9.13 Å². The van der Waals surface area contributed by atoms with Crippen molar-refractivity contribution in [2.24, 2.45) is 0 Å². The Morgan fingerprint density at radius 2 is 0.727 bits per heavy atom. The molecule has 2 aliphatic rings. The molecule has 318 valence electrons. The number of fused-ring (bicyclic) bond motifs is 10. The minimum absolute atomic E-state index is 0.464. The Kier molecular flexibility index (Phi) is 8.70. The normalized spacial score (nSPS) is 12.7. The number of hydrogen-bond donors (Lipinski definition) is 0. The molecule has 0 radical (unpaired) electrons. The lowest BCUT2D eigenvalue weighted by atomic mass is 9.94. The van der Waals surface area contributed by atoms with Crippen molar-refractivity contribution < 1.29 is 0 Å². The van der Waals surface area contributed by atoms with Crippen molar-refractivity contribution in [2.45, 2.75) is 52.4 Å². The fourth-order valence-electron chi connectivity index (χ4n) is 11.2. The molecule has 9 aromatic carbocycles. The molecule has 0 fully saturated rings. The molecule has 0 amide bonds. The monoisotopic (exact) mass is 850 g/mol. The van der Waals surface area contributed by atoms with E-state index in [9.17, 15) is 0 Å². The molecule has 0 saturated carbocycles. The average Bonchev–Trinajstić information content (AvgIpc) is 3.86. The maximum Gasteiger partial charge on any atom is 0.0597 e. The Labute approximate surface area is 386 Å². The molecule has 4 heterocycles. The highest BCUT2D eigenvalue weighted by atomic mass is 15.2. The van der Waals surface area contributed by atoms with Gasteiger partial charge in [0.2, 0.25) is 0 Å². The first-order valence-corrected chi connectivity index (χ1v) is 23.6. The lowest BCUT2D eigenvalue weighted by Gasteiger charge is -2.30. The zero-order chi connectivity index (χ0) is 44.2. The van der Waals surface area contributed by atoms with Gasteiger partial charge in [-0.15, -0.1) is 0 Å². The molecular formula is C62H50N4. The smallest absolute Gasteiger partial charge is 0.0597 e. The van der Waals surface area contributed by atoms with Gasteiger partial charge in [-0.3, -0.25) is 0 Å². The third-order valence-corrected chi connectivity index (χ3v) is 14.5. The molecule has 0 N–H and O–H groups in total. The van der Waals surface area contributed by atoms with E-state index in [1.165, 1.54) is 99.7 Å². The van der Waals surface area contributed by atoms with Gasteiger partial charge < -0.3 is 18.9 Å². The van der Waals surface area contributed by atoms with E-state index in [4.69, 9.17) is 0 Å². The van der Waals surface area contributed by atoms with E-state index in [0.29, 0.717) is 11.8 Å². The Morgan fingerprint density at radius 1 is 0.364 bits per heavy atom. The van der Waals surface area contributed by atoms with Crippen molar-refractivity contribution in [3.05, 3.63) is 228 Å². The van der Waals surface area contributed by atoms with Gasteiger partial charge in [-0.25, -0.2) is 0 Å². The third kappa shape index (κ3) is 5.77. The van der Waals surface area contributed by atoms with Crippen LogP contribution in [0.4, 0.5) is 34.1 Å². The molecule has 0 bridgehead atoms. The summed E-state index contributed by atoms with van der Waals surface area (Å²) in [7, 11) is 0. The number of anilines is 6. The van der Waals surface area contributed by atoms with Gasteiger partial charge in [-0.05, 0) is 119 Å². The molecule has 0 saturated heterocycles. The quantitative estimate of drug-likeness (QED) is 0.151. The molecular weight excluding hydrogens is 801 g/mol. The number of benzene rings is 9. The number of aromatic nitrogens is 2. The number of hydrogen-bond acceptors (Lipinski definition) is 2. The molecule has 13 rings (SSSR count). The summed E-state index contributed by atoms with van der Waals surface area (Å²) in [6.07, 6.45) is 1.69. The molecule has 0 aliphatic carbocycles. The van der Waals surface area contributed by atoms with Gasteiger partial charge in [0.05, 0.1) is 33.4 Å². The molecule has 4 heteroatoms. The van der Waals surface area contributed by atoms with Gasteiger partial charge in [0.15, 0.2) is 0 Å². The summed E-state index contributed by atoms with van der Waals surface area (Å²) in [5, 5.41) is 5.11. The zero-order valence-corrected chi connectivity index (χ0v) is 37.8. The molecule has 0 unspecified atom stereocenters. The van der Waals surface area contributed by atoms with E-state index in [0.717, 1.165) is 35.6 Å². The number of nitrogens with zero attached hydrogens (tertiary/aromatic N) is 4. The molecule has 0 atom stereocenters. The van der Waals surface area contributed by atoms with Gasteiger partial charge in [-0.1, -0.05) is 137 Å². The highest BCUT2D eigenvalue weighted by Gasteiger charge is 2.31. The largest absolute Gasteiger partial charge is 0.310 e. The van der Waals surface area contributed by atoms with Crippen LogP contribution < -0.4 is 9.80 Å². The lowest BCUT2D eigenvalue weighted by molar-refractivity contribution is 0.866. The van der Waals surface area contributed by atoms with E-state index < -0.39 is 0 Å². The number of rotatable bonds is 8. The Bertz CT molecular complexity index is 3440. The minimum Gasteiger partial charge on any atom is -0.310 e. The SMILES string of the molecule is CC(C)c1ccc(N(c2ccccc2)c2ccc3c4cc5c(cc4n4c3c2Cc2ccccc2-4)c2ccc(N(c3ccccc3)c3ccc(C(C)C)cc3)c3c2n5-c2ccccc2C3)cc1. The number of para-hydroxylation sites is 4. The van der Waals surface area contributed by atoms with Crippen molar-refractivity contribution in [3.63, 3.8) is 0 Å². The topological polar surface area (TPSA) is 16.3 Å². The summed E-state index contributed by atoms with van der Waals surface area (Å²) in [4.78, 5) is 4.93. The van der Waals surface area contributed by atoms with Gasteiger partial charge in [-0.2, -0.15) is 0 Å². The predicted molar refractivity (Wildman–Crippen MR) is 278 cm³/mol. The van der Waals surface area contributed by atoms with Gasteiger partial charge in [0, 0.05) is 79.6 Å². The van der Waals surface area contributed by atoms with Crippen LogP contribution in [0.5, 0.6) is 0 Å². The van der Waals surface area contributed by atoms with Crippen LogP contribution in [0.15, 0.2) is 194 Å². The first-order chi connectivity index (χ1) is 32.4. The summed E-state index contributed by atoms with van der Waals surface area (Å²) in [5.74, 6) is 0.928. The van der Waals surface area contributed by atoms with Crippen LogP contribution in [0.1, 0.15) is 72.9 Å². The fraction of sp³-hybridized carbons (Fsp3) is 0.129. The fourth-order valence-corrected chi connectivity index (χ4v) is 11.2. The summed E-state index contributed by atoms with van der Waals surface area (Å²) in [6.45, 7) is 9.06. The molecule has 2 aromatic heterocycles. The van der Waals surface area contributed by atoms with Crippen LogP contribution in [-0.2, 0) is 12.8 Å². The van der Waals surface area contributed by atoms with Crippen LogP contribution >= 0.6 is 0 Å². The Balaban J connectivity index is 1.09. The highest BCUT2D eigenvalue weighted by Crippen LogP contribution is 2.51. The van der Waals surface area contributed by atoms with E-state index in [-0.39, 0.29) is 0 Å². The van der Waals surface area contributed by atoms with Gasteiger partial charge >= 0.3 is 0 Å². The van der Waals surface area contributed by atoms with Crippen molar-refractivity contribution in [2.75, 3.05) is 9.80 Å². The Hall–Kier alpha value is -7.82. The van der Waals surface area contributed by atoms with Gasteiger partial charge in [0.1, 0.15) is 0 Å². The average molecular weight is 851 g/mol. The third-order valence-electron chi connectivity index (χ3n) is 14.5. The minimum atomic E-state index is 0.464. The summed E-state index contributed by atoms with van der Waals surface area (Å²) in [6, 6.07) is 72.8. The first kappa shape index (κ1) is 38.6. The van der Waals surface area contributed by atoms with Crippen LogP contribution in [0.2, 0.25) is 0 Å². The van der Waals surface area contributed by atoms with E-state index in [1.54, 1.807) is 0 Å². The second kappa shape index (κ2) is 14.9. The van der Waals surface area contributed by atoms with E-state index >= 15 is 0 Å². The van der Waals surface area contributed by atoms with Crippen molar-refractivity contribution in [1.29, 1.82) is 0 Å².